The Morgan fingerprint density at radius 3 is 2.70 bits per heavy atom. The molecule has 0 aliphatic heterocycles. The number of ether oxygens (including phenoxy) is 1. The summed E-state index contributed by atoms with van der Waals surface area (Å²) in [5.41, 5.74) is -0.492. The van der Waals surface area contributed by atoms with Gasteiger partial charge in [0.05, 0.1) is 12.2 Å². The second kappa shape index (κ2) is 6.01. The Morgan fingerprint density at radius 1 is 1.20 bits per heavy atom. The van der Waals surface area contributed by atoms with Crippen LogP contribution in [0, 0.1) is 0 Å². The minimum Gasteiger partial charge on any atom is -0.493 e. The largest absolute Gasteiger partial charge is 0.493 e. The first-order valence-electron chi connectivity index (χ1n) is 6.17. The van der Waals surface area contributed by atoms with Gasteiger partial charge in [0.25, 0.3) is 11.1 Å². The Bertz CT molecular complexity index is 730. The number of carbonyl (C=O) groups excluding carboxylic acids is 1. The average molecular weight is 274 g/mol. The van der Waals surface area contributed by atoms with Crippen LogP contribution in [0.15, 0.2) is 46.0 Å². The summed E-state index contributed by atoms with van der Waals surface area (Å²) in [6.07, 6.45) is 0. The monoisotopic (exact) mass is 274 g/mol. The summed E-state index contributed by atoms with van der Waals surface area (Å²) in [6, 6.07) is 9.04. The minimum absolute atomic E-state index is 0.237. The molecule has 2 aromatic rings. The molecule has 1 N–H and O–H groups in total. The Labute approximate surface area is 114 Å². The average Bonchev–Trinajstić information content (AvgIpc) is 2.44. The summed E-state index contributed by atoms with van der Waals surface area (Å²) in [7, 11) is 0. The van der Waals surface area contributed by atoms with Crippen LogP contribution in [-0.2, 0) is 6.54 Å². The molecule has 0 aliphatic rings. The Kier molecular flexibility index (Phi) is 4.14. The number of carbonyl (C=O) groups is 1. The molecule has 0 unspecified atom stereocenters. The fourth-order valence-electron chi connectivity index (χ4n) is 1.79. The van der Waals surface area contributed by atoms with Gasteiger partial charge in [0, 0.05) is 12.1 Å². The van der Waals surface area contributed by atoms with Gasteiger partial charge in [-0.25, -0.2) is 4.68 Å². The highest BCUT2D eigenvalue weighted by Gasteiger charge is 2.13. The van der Waals surface area contributed by atoms with Crippen LogP contribution in [0.3, 0.4) is 0 Å². The van der Waals surface area contributed by atoms with Crippen LogP contribution in [0.4, 0.5) is 0 Å². The molecule has 1 heterocycles. The van der Waals surface area contributed by atoms with Crippen molar-refractivity contribution in [3.63, 3.8) is 0 Å². The lowest BCUT2D eigenvalue weighted by atomic mass is 10.1. The summed E-state index contributed by atoms with van der Waals surface area (Å²) in [5, 5.41) is 2.31. The first-order valence-corrected chi connectivity index (χ1v) is 6.17. The predicted molar refractivity (Wildman–Crippen MR) is 73.3 cm³/mol. The molecule has 104 valence electrons. The standard InChI is InChI=1S/C14H14N2O4/c1-2-20-12-6-4-3-5-10(12)11(17)9-16-14(19)8-7-13(18)15-16/h3-8H,2,9H2,1H3,(H,15,18). The molecule has 6 heteroatoms. The zero-order valence-electron chi connectivity index (χ0n) is 11.0. The molecule has 2 rings (SSSR count). The molecule has 20 heavy (non-hydrogen) atoms. The molecule has 0 fully saturated rings. The van der Waals surface area contributed by atoms with Gasteiger partial charge in [-0.05, 0) is 19.1 Å². The molecule has 0 aliphatic carbocycles. The lowest BCUT2D eigenvalue weighted by molar-refractivity contribution is 0.0961. The maximum Gasteiger partial charge on any atom is 0.265 e. The van der Waals surface area contributed by atoms with E-state index in [4.69, 9.17) is 4.74 Å². The first-order chi connectivity index (χ1) is 9.61. The zero-order valence-corrected chi connectivity index (χ0v) is 11.0. The molecular weight excluding hydrogens is 260 g/mol. The number of hydrogen-bond acceptors (Lipinski definition) is 4. The first kappa shape index (κ1) is 13.8. The fraction of sp³-hybridized carbons (Fsp3) is 0.214. The van der Waals surface area contributed by atoms with E-state index in [0.717, 1.165) is 16.8 Å². The van der Waals surface area contributed by atoms with Crippen molar-refractivity contribution >= 4 is 5.78 Å². The van der Waals surface area contributed by atoms with Crippen molar-refractivity contribution < 1.29 is 9.53 Å². The summed E-state index contributed by atoms with van der Waals surface area (Å²) in [6.45, 7) is 2.02. The fourth-order valence-corrected chi connectivity index (χ4v) is 1.79. The van der Waals surface area contributed by atoms with Crippen molar-refractivity contribution in [3.8, 4) is 5.75 Å². The van der Waals surface area contributed by atoms with E-state index in [1.54, 1.807) is 24.3 Å². The van der Waals surface area contributed by atoms with Gasteiger partial charge < -0.3 is 4.74 Å². The van der Waals surface area contributed by atoms with Gasteiger partial charge in [0.1, 0.15) is 12.3 Å². The lowest BCUT2D eigenvalue weighted by Crippen LogP contribution is -2.30. The molecule has 6 nitrogen and oxygen atoms in total. The van der Waals surface area contributed by atoms with E-state index < -0.39 is 11.1 Å². The molecule has 0 atom stereocenters. The summed E-state index contributed by atoms with van der Waals surface area (Å²) < 4.78 is 6.35. The molecule has 0 saturated carbocycles. The molecule has 1 aromatic carbocycles. The normalized spacial score (nSPS) is 10.2. The SMILES string of the molecule is CCOc1ccccc1C(=O)Cn1[nH]c(=O)ccc1=O. The minimum atomic E-state index is -0.438. The highest BCUT2D eigenvalue weighted by atomic mass is 16.5. The number of ketones is 1. The summed E-state index contributed by atoms with van der Waals surface area (Å²) in [4.78, 5) is 34.9. The third-order valence-corrected chi connectivity index (χ3v) is 2.68. The summed E-state index contributed by atoms with van der Waals surface area (Å²) >= 11 is 0. The highest BCUT2D eigenvalue weighted by Crippen LogP contribution is 2.18. The molecule has 0 amide bonds. The van der Waals surface area contributed by atoms with E-state index in [-0.39, 0.29) is 12.3 Å². The van der Waals surface area contributed by atoms with Gasteiger partial charge in [0.2, 0.25) is 0 Å². The number of Topliss-reactive ketones (excluding diaryl/α,β-unsaturated/α-hetero) is 1. The van der Waals surface area contributed by atoms with Crippen molar-refractivity contribution in [2.24, 2.45) is 0 Å². The maximum absolute atomic E-state index is 12.2. The third-order valence-electron chi connectivity index (χ3n) is 2.68. The van der Waals surface area contributed by atoms with Crippen LogP contribution in [-0.4, -0.2) is 22.2 Å². The predicted octanol–water partition coefficient (Wildman–Crippen LogP) is 0.818. The number of hydrogen-bond donors (Lipinski definition) is 1. The quantitative estimate of drug-likeness (QED) is 0.818. The van der Waals surface area contributed by atoms with E-state index in [2.05, 4.69) is 5.10 Å². The number of nitrogens with one attached hydrogen (secondary N) is 1. The van der Waals surface area contributed by atoms with Gasteiger partial charge in [0.15, 0.2) is 5.78 Å². The molecule has 1 aromatic heterocycles. The number of aromatic nitrogens is 2. The number of para-hydroxylation sites is 1. The van der Waals surface area contributed by atoms with Crippen LogP contribution in [0.25, 0.3) is 0 Å². The van der Waals surface area contributed by atoms with Gasteiger partial charge in [-0.3, -0.25) is 19.5 Å². The lowest BCUT2D eigenvalue weighted by Gasteiger charge is -2.09. The van der Waals surface area contributed by atoms with Crippen LogP contribution >= 0.6 is 0 Å². The maximum atomic E-state index is 12.2. The van der Waals surface area contributed by atoms with Gasteiger partial charge >= 0.3 is 0 Å². The van der Waals surface area contributed by atoms with Crippen molar-refractivity contribution in [3.05, 3.63) is 62.7 Å². The number of nitrogens with zero attached hydrogens (tertiary/aromatic N) is 1. The van der Waals surface area contributed by atoms with Crippen molar-refractivity contribution in [2.75, 3.05) is 6.61 Å². The number of rotatable bonds is 5. The zero-order chi connectivity index (χ0) is 14.5. The summed E-state index contributed by atoms with van der Waals surface area (Å²) in [5.74, 6) is 0.157. The van der Waals surface area contributed by atoms with Crippen LogP contribution in [0.2, 0.25) is 0 Å². The molecule has 0 spiro atoms. The topological polar surface area (TPSA) is 81.2 Å². The highest BCUT2D eigenvalue weighted by molar-refractivity contribution is 5.98. The molecule has 0 saturated heterocycles. The van der Waals surface area contributed by atoms with Crippen LogP contribution in [0.1, 0.15) is 17.3 Å². The van der Waals surface area contributed by atoms with Gasteiger partial charge in [-0.2, -0.15) is 0 Å². The van der Waals surface area contributed by atoms with E-state index in [1.165, 1.54) is 0 Å². The van der Waals surface area contributed by atoms with Gasteiger partial charge in [-0.1, -0.05) is 12.1 Å². The van der Waals surface area contributed by atoms with E-state index in [1.807, 2.05) is 6.92 Å². The van der Waals surface area contributed by atoms with E-state index in [0.29, 0.717) is 17.9 Å². The number of aromatic amines is 1. The Hall–Kier alpha value is -2.63. The Morgan fingerprint density at radius 2 is 1.95 bits per heavy atom. The van der Waals surface area contributed by atoms with Crippen LogP contribution in [0.5, 0.6) is 5.75 Å². The van der Waals surface area contributed by atoms with Crippen LogP contribution < -0.4 is 15.9 Å². The second-order valence-electron chi connectivity index (χ2n) is 4.09. The van der Waals surface area contributed by atoms with Crippen molar-refractivity contribution in [2.45, 2.75) is 13.5 Å². The van der Waals surface area contributed by atoms with E-state index in [9.17, 15) is 14.4 Å². The molecular formula is C14H14N2O4. The Balaban J connectivity index is 2.31. The third kappa shape index (κ3) is 3.03. The smallest absolute Gasteiger partial charge is 0.265 e. The van der Waals surface area contributed by atoms with Crippen molar-refractivity contribution in [1.82, 2.24) is 9.78 Å². The number of H-pyrrole nitrogens is 1. The molecule has 0 radical (unpaired) electrons. The van der Waals surface area contributed by atoms with Gasteiger partial charge in [-0.15, -0.1) is 0 Å². The van der Waals surface area contributed by atoms with Crippen molar-refractivity contribution in [1.29, 1.82) is 0 Å². The number of benzene rings is 1. The van der Waals surface area contributed by atoms with E-state index >= 15 is 0 Å². The molecule has 0 bridgehead atoms. The second-order valence-corrected chi connectivity index (χ2v) is 4.09.